The molecule has 1 heterocycles. The lowest BCUT2D eigenvalue weighted by Gasteiger charge is -2.40. The molecule has 4 aromatic carbocycles. The van der Waals surface area contributed by atoms with E-state index < -0.39 is 0 Å². The molecule has 8 rings (SSSR count). The summed E-state index contributed by atoms with van der Waals surface area (Å²) in [6.45, 7) is 0. The van der Waals surface area contributed by atoms with Crippen molar-refractivity contribution in [3.63, 3.8) is 0 Å². The maximum Gasteiger partial charge on any atom is 0.258 e. The van der Waals surface area contributed by atoms with E-state index in [1.807, 2.05) is 19.2 Å². The Morgan fingerprint density at radius 2 is 1.62 bits per heavy atom. The van der Waals surface area contributed by atoms with E-state index in [-0.39, 0.29) is 11.8 Å². The van der Waals surface area contributed by atoms with Gasteiger partial charge in [0.05, 0.1) is 5.69 Å². The van der Waals surface area contributed by atoms with Crippen LogP contribution in [0.25, 0.3) is 32.7 Å². The SMILES string of the molecule is CN(C)c1ccc2c3c(cccc13)C1C=CC(c3ccc4c5c(cccc35)C(=O)N4C)=C3C=CC=C2C31. The summed E-state index contributed by atoms with van der Waals surface area (Å²) in [6.07, 6.45) is 11.6. The maximum atomic E-state index is 12.9. The summed E-state index contributed by atoms with van der Waals surface area (Å²) < 4.78 is 0. The Balaban J connectivity index is 1.38. The topological polar surface area (TPSA) is 23.6 Å². The molecule has 4 aromatic rings. The molecular formula is C34H26N2O. The van der Waals surface area contributed by atoms with Gasteiger partial charge >= 0.3 is 0 Å². The Morgan fingerprint density at radius 1 is 0.811 bits per heavy atom. The smallest absolute Gasteiger partial charge is 0.258 e. The van der Waals surface area contributed by atoms with Crippen molar-refractivity contribution >= 4 is 50.0 Å². The third-order valence-electron chi connectivity index (χ3n) is 8.77. The van der Waals surface area contributed by atoms with E-state index in [2.05, 4.69) is 97.9 Å². The standard InChI is InChI=1S/C34H26N2O/c1-35(2)29-17-16-26-23-9-4-7-21-19(13-14-25(31(21)23)24-10-5-11-27(29)32(24)26)20-15-18-30-33-22(20)8-6-12-28(33)34(37)36(30)3/h4-18,25,31H,1-3H3. The fourth-order valence-corrected chi connectivity index (χ4v) is 7.17. The molecule has 2 atom stereocenters. The molecule has 0 fully saturated rings. The molecule has 3 aliphatic carbocycles. The lowest BCUT2D eigenvalue weighted by molar-refractivity contribution is 0.0999. The first-order valence-corrected chi connectivity index (χ1v) is 12.9. The number of hydrogen-bond acceptors (Lipinski definition) is 2. The zero-order valence-corrected chi connectivity index (χ0v) is 21.1. The van der Waals surface area contributed by atoms with E-state index in [1.54, 1.807) is 4.90 Å². The van der Waals surface area contributed by atoms with Crippen LogP contribution in [0.5, 0.6) is 0 Å². The highest BCUT2D eigenvalue weighted by Gasteiger charge is 2.39. The van der Waals surface area contributed by atoms with Gasteiger partial charge in [-0.05, 0) is 62.4 Å². The second-order valence-corrected chi connectivity index (χ2v) is 10.7. The van der Waals surface area contributed by atoms with E-state index in [1.165, 1.54) is 49.9 Å². The van der Waals surface area contributed by atoms with Crippen molar-refractivity contribution in [2.45, 2.75) is 5.92 Å². The fourth-order valence-electron chi connectivity index (χ4n) is 7.17. The van der Waals surface area contributed by atoms with Gasteiger partial charge in [0.25, 0.3) is 5.91 Å². The lowest BCUT2D eigenvalue weighted by atomic mass is 9.63. The minimum absolute atomic E-state index is 0.0755. The number of benzene rings is 4. The fraction of sp³-hybridized carbons (Fsp3) is 0.147. The van der Waals surface area contributed by atoms with Crippen molar-refractivity contribution in [1.82, 2.24) is 0 Å². The van der Waals surface area contributed by atoms with Crippen molar-refractivity contribution in [2.75, 3.05) is 30.9 Å². The zero-order chi connectivity index (χ0) is 25.0. The van der Waals surface area contributed by atoms with E-state index in [4.69, 9.17) is 0 Å². The van der Waals surface area contributed by atoms with E-state index in [0.717, 1.165) is 22.0 Å². The van der Waals surface area contributed by atoms with Crippen LogP contribution >= 0.6 is 0 Å². The van der Waals surface area contributed by atoms with E-state index >= 15 is 0 Å². The highest BCUT2D eigenvalue weighted by molar-refractivity contribution is 6.26. The Labute approximate surface area is 216 Å². The minimum atomic E-state index is 0.0755. The highest BCUT2D eigenvalue weighted by Crippen LogP contribution is 2.56. The quantitative estimate of drug-likeness (QED) is 0.301. The average Bonchev–Trinajstić information content (AvgIpc) is 3.17. The number of rotatable bonds is 2. The van der Waals surface area contributed by atoms with Gasteiger partial charge in [-0.25, -0.2) is 0 Å². The molecule has 3 nitrogen and oxygen atoms in total. The maximum absolute atomic E-state index is 12.9. The molecule has 0 N–H and O–H groups in total. The summed E-state index contributed by atoms with van der Waals surface area (Å²) in [5.74, 6) is 0.653. The molecule has 0 bridgehead atoms. The predicted molar refractivity (Wildman–Crippen MR) is 154 cm³/mol. The minimum Gasteiger partial charge on any atom is -0.377 e. The van der Waals surface area contributed by atoms with Gasteiger partial charge in [0.15, 0.2) is 0 Å². The number of allylic oxidation sites excluding steroid dienone is 8. The molecule has 0 spiro atoms. The molecule has 178 valence electrons. The Kier molecular flexibility index (Phi) is 3.99. The number of anilines is 2. The van der Waals surface area contributed by atoms with E-state index in [9.17, 15) is 4.79 Å². The molecule has 4 aliphatic rings. The molecule has 3 heteroatoms. The third kappa shape index (κ3) is 2.54. The molecule has 0 saturated heterocycles. The van der Waals surface area contributed by atoms with Crippen LogP contribution in [0.2, 0.25) is 0 Å². The van der Waals surface area contributed by atoms with Crippen LogP contribution in [0.1, 0.15) is 33.0 Å². The molecule has 0 saturated carbocycles. The summed E-state index contributed by atoms with van der Waals surface area (Å²) in [5.41, 5.74) is 11.0. The number of nitrogens with zero attached hydrogens (tertiary/aromatic N) is 2. The average molecular weight is 479 g/mol. The summed E-state index contributed by atoms with van der Waals surface area (Å²) in [5, 5.41) is 4.93. The zero-order valence-electron chi connectivity index (χ0n) is 21.1. The summed E-state index contributed by atoms with van der Waals surface area (Å²) in [6, 6.07) is 21.8. The van der Waals surface area contributed by atoms with Crippen molar-refractivity contribution in [3.8, 4) is 0 Å². The molecule has 1 amide bonds. The largest absolute Gasteiger partial charge is 0.377 e. The molecule has 37 heavy (non-hydrogen) atoms. The predicted octanol–water partition coefficient (Wildman–Crippen LogP) is 7.34. The molecule has 2 unspecified atom stereocenters. The number of hydrogen-bond donors (Lipinski definition) is 0. The molecular weight excluding hydrogens is 452 g/mol. The van der Waals surface area contributed by atoms with Gasteiger partial charge in [0.2, 0.25) is 0 Å². The summed E-state index contributed by atoms with van der Waals surface area (Å²) in [4.78, 5) is 16.9. The first-order chi connectivity index (χ1) is 18.0. The van der Waals surface area contributed by atoms with E-state index in [0.29, 0.717) is 5.92 Å². The van der Waals surface area contributed by atoms with Gasteiger partial charge in [0, 0.05) is 55.0 Å². The van der Waals surface area contributed by atoms with Crippen LogP contribution in [0, 0.1) is 5.92 Å². The normalized spacial score (nSPS) is 20.7. The lowest BCUT2D eigenvalue weighted by Crippen LogP contribution is -2.24. The van der Waals surface area contributed by atoms with Gasteiger partial charge in [-0.15, -0.1) is 0 Å². The van der Waals surface area contributed by atoms with Crippen LogP contribution in [0.4, 0.5) is 11.4 Å². The monoisotopic (exact) mass is 478 g/mol. The van der Waals surface area contributed by atoms with Crippen LogP contribution in [0.3, 0.4) is 0 Å². The molecule has 1 aliphatic heterocycles. The number of carbonyl (C=O) groups is 1. The second-order valence-electron chi connectivity index (χ2n) is 10.7. The van der Waals surface area contributed by atoms with Crippen molar-refractivity contribution in [3.05, 3.63) is 119 Å². The third-order valence-corrected chi connectivity index (χ3v) is 8.77. The van der Waals surface area contributed by atoms with Crippen LogP contribution < -0.4 is 9.80 Å². The first kappa shape index (κ1) is 20.8. The van der Waals surface area contributed by atoms with Gasteiger partial charge in [-0.3, -0.25) is 4.79 Å². The van der Waals surface area contributed by atoms with Gasteiger partial charge in [-0.1, -0.05) is 72.8 Å². The highest BCUT2D eigenvalue weighted by atomic mass is 16.2. The van der Waals surface area contributed by atoms with Crippen LogP contribution in [-0.2, 0) is 0 Å². The van der Waals surface area contributed by atoms with Crippen LogP contribution in [-0.4, -0.2) is 27.1 Å². The Bertz CT molecular complexity index is 1850. The van der Waals surface area contributed by atoms with Crippen LogP contribution in [0.15, 0.2) is 96.6 Å². The van der Waals surface area contributed by atoms with Crippen molar-refractivity contribution in [2.24, 2.45) is 5.92 Å². The number of fused-ring (bicyclic) bond motifs is 2. The summed E-state index contributed by atoms with van der Waals surface area (Å²) >= 11 is 0. The van der Waals surface area contributed by atoms with Crippen molar-refractivity contribution < 1.29 is 4.79 Å². The molecule has 0 radical (unpaired) electrons. The molecule has 0 aromatic heterocycles. The number of carbonyl (C=O) groups excluding carboxylic acids is 1. The van der Waals surface area contributed by atoms with Gasteiger partial charge in [-0.2, -0.15) is 0 Å². The Hall–Kier alpha value is -4.37. The van der Waals surface area contributed by atoms with Gasteiger partial charge in [0.1, 0.15) is 0 Å². The summed E-state index contributed by atoms with van der Waals surface area (Å²) in [7, 11) is 6.11. The van der Waals surface area contributed by atoms with Crippen molar-refractivity contribution in [1.29, 1.82) is 0 Å². The second kappa shape index (κ2) is 7.10. The van der Waals surface area contributed by atoms with Gasteiger partial charge < -0.3 is 9.80 Å². The first-order valence-electron chi connectivity index (χ1n) is 12.9. The number of amides is 1. The Morgan fingerprint density at radius 3 is 2.49 bits per heavy atom.